The molecule has 0 radical (unpaired) electrons. The Labute approximate surface area is 176 Å². The molecule has 8 heteroatoms. The summed E-state index contributed by atoms with van der Waals surface area (Å²) in [5.74, 6) is -0.645. The van der Waals surface area contributed by atoms with Crippen LogP contribution < -0.4 is 10.2 Å². The lowest BCUT2D eigenvalue weighted by Crippen LogP contribution is -2.54. The molecule has 6 nitrogen and oxygen atoms in total. The lowest BCUT2D eigenvalue weighted by molar-refractivity contribution is -0.122. The number of hydrogen-bond donors (Lipinski definition) is 1. The van der Waals surface area contributed by atoms with Gasteiger partial charge in [0.25, 0.3) is 11.8 Å². The van der Waals surface area contributed by atoms with Gasteiger partial charge in [-0.25, -0.2) is 0 Å². The number of rotatable bonds is 3. The lowest BCUT2D eigenvalue weighted by Gasteiger charge is -2.28. The maximum absolute atomic E-state index is 13.1. The molecule has 1 aromatic heterocycles. The van der Waals surface area contributed by atoms with Crippen LogP contribution in [0.4, 0.5) is 5.69 Å². The summed E-state index contributed by atoms with van der Waals surface area (Å²) in [5, 5.41) is 7.08. The van der Waals surface area contributed by atoms with Gasteiger partial charge in [0.15, 0.2) is 10.9 Å². The first kappa shape index (κ1) is 19.0. The molecule has 0 bridgehead atoms. The average Bonchev–Trinajstić information content (AvgIpc) is 3.07. The standard InChI is InChI=1S/C21H14ClN3O3S/c1-12-16(18(28-24-12)13-5-3-2-4-6-13)11-17-19(26)23-21(29)25(20(17)27)15-9-7-14(22)8-10-15/h2-11H,1H3,(H,23,26,29). The number of benzene rings is 2. The molecule has 4 rings (SSSR count). The zero-order valence-electron chi connectivity index (χ0n) is 15.2. The summed E-state index contributed by atoms with van der Waals surface area (Å²) in [6, 6.07) is 15.9. The minimum absolute atomic E-state index is 0.00444. The highest BCUT2D eigenvalue weighted by molar-refractivity contribution is 7.80. The van der Waals surface area contributed by atoms with E-state index in [1.54, 1.807) is 31.2 Å². The van der Waals surface area contributed by atoms with Crippen LogP contribution in [0.3, 0.4) is 0 Å². The van der Waals surface area contributed by atoms with Gasteiger partial charge in [-0.2, -0.15) is 0 Å². The van der Waals surface area contributed by atoms with E-state index >= 15 is 0 Å². The Bertz CT molecular complexity index is 1150. The summed E-state index contributed by atoms with van der Waals surface area (Å²) in [6.45, 7) is 1.75. The van der Waals surface area contributed by atoms with Crippen LogP contribution in [0.15, 0.2) is 64.7 Å². The third-order valence-corrected chi connectivity index (χ3v) is 4.96. The Morgan fingerprint density at radius 2 is 1.79 bits per heavy atom. The van der Waals surface area contributed by atoms with Gasteiger partial charge in [0.1, 0.15) is 5.57 Å². The van der Waals surface area contributed by atoms with E-state index in [1.807, 2.05) is 30.3 Å². The number of carbonyl (C=O) groups excluding carboxylic acids is 2. The predicted molar refractivity (Wildman–Crippen MR) is 114 cm³/mol. The van der Waals surface area contributed by atoms with Crippen molar-refractivity contribution in [2.24, 2.45) is 0 Å². The summed E-state index contributed by atoms with van der Waals surface area (Å²) in [5.41, 5.74) is 2.33. The second kappa shape index (κ2) is 7.62. The van der Waals surface area contributed by atoms with E-state index in [0.717, 1.165) is 5.56 Å². The van der Waals surface area contributed by atoms with Gasteiger partial charge in [0, 0.05) is 16.1 Å². The minimum atomic E-state index is -0.579. The molecule has 0 unspecified atom stereocenters. The minimum Gasteiger partial charge on any atom is -0.355 e. The molecule has 0 atom stereocenters. The van der Waals surface area contributed by atoms with Crippen LogP contribution in [0, 0.1) is 6.92 Å². The van der Waals surface area contributed by atoms with Gasteiger partial charge in [-0.15, -0.1) is 0 Å². The van der Waals surface area contributed by atoms with Crippen molar-refractivity contribution in [3.63, 3.8) is 0 Å². The first-order valence-electron chi connectivity index (χ1n) is 8.64. The second-order valence-corrected chi connectivity index (χ2v) is 7.13. The highest BCUT2D eigenvalue weighted by Gasteiger charge is 2.35. The Hall–Kier alpha value is -3.29. The topological polar surface area (TPSA) is 75.4 Å². The maximum atomic E-state index is 13.1. The molecule has 1 aliphatic rings. The Morgan fingerprint density at radius 3 is 2.48 bits per heavy atom. The average molecular weight is 424 g/mol. The number of anilines is 1. The smallest absolute Gasteiger partial charge is 0.270 e. The predicted octanol–water partition coefficient (Wildman–Crippen LogP) is 4.13. The number of aromatic nitrogens is 1. The molecule has 0 spiro atoms. The molecule has 1 fully saturated rings. The highest BCUT2D eigenvalue weighted by atomic mass is 35.5. The molecule has 3 aromatic rings. The molecule has 1 aliphatic heterocycles. The first-order chi connectivity index (χ1) is 14.0. The van der Waals surface area contributed by atoms with E-state index in [9.17, 15) is 9.59 Å². The van der Waals surface area contributed by atoms with Crippen molar-refractivity contribution < 1.29 is 14.1 Å². The number of hydrogen-bond acceptors (Lipinski definition) is 5. The fraction of sp³-hybridized carbons (Fsp3) is 0.0476. The zero-order valence-corrected chi connectivity index (χ0v) is 16.8. The van der Waals surface area contributed by atoms with E-state index in [-0.39, 0.29) is 10.7 Å². The van der Waals surface area contributed by atoms with Crippen molar-refractivity contribution in [1.29, 1.82) is 0 Å². The number of carbonyl (C=O) groups is 2. The summed E-state index contributed by atoms with van der Waals surface area (Å²) in [6.07, 6.45) is 1.48. The number of thiocarbonyl (C=S) groups is 1. The third-order valence-electron chi connectivity index (χ3n) is 4.42. The number of amides is 2. The Morgan fingerprint density at radius 1 is 1.10 bits per heavy atom. The van der Waals surface area contributed by atoms with Gasteiger partial charge >= 0.3 is 0 Å². The quantitative estimate of drug-likeness (QED) is 0.389. The van der Waals surface area contributed by atoms with Crippen LogP contribution in [0.25, 0.3) is 17.4 Å². The van der Waals surface area contributed by atoms with E-state index < -0.39 is 11.8 Å². The zero-order chi connectivity index (χ0) is 20.5. The van der Waals surface area contributed by atoms with Crippen LogP contribution >= 0.6 is 23.8 Å². The monoisotopic (exact) mass is 423 g/mol. The maximum Gasteiger partial charge on any atom is 0.270 e. The van der Waals surface area contributed by atoms with Crippen LogP contribution in [-0.4, -0.2) is 22.1 Å². The highest BCUT2D eigenvalue weighted by Crippen LogP contribution is 2.30. The molecule has 1 N–H and O–H groups in total. The van der Waals surface area contributed by atoms with Crippen LogP contribution in [0.1, 0.15) is 11.3 Å². The Kier molecular flexibility index (Phi) is 5.00. The fourth-order valence-electron chi connectivity index (χ4n) is 2.97. The van der Waals surface area contributed by atoms with Gasteiger partial charge in [0.2, 0.25) is 0 Å². The van der Waals surface area contributed by atoms with Gasteiger partial charge < -0.3 is 4.52 Å². The summed E-state index contributed by atoms with van der Waals surface area (Å²) < 4.78 is 5.45. The molecule has 2 aromatic carbocycles. The van der Waals surface area contributed by atoms with Crippen molar-refractivity contribution in [2.75, 3.05) is 4.90 Å². The van der Waals surface area contributed by atoms with Gasteiger partial charge in [-0.1, -0.05) is 47.1 Å². The molecule has 1 saturated heterocycles. The van der Waals surface area contributed by atoms with Crippen LogP contribution in [0.5, 0.6) is 0 Å². The van der Waals surface area contributed by atoms with Gasteiger partial charge in [0.05, 0.1) is 11.4 Å². The third kappa shape index (κ3) is 3.57. The summed E-state index contributed by atoms with van der Waals surface area (Å²) >= 11 is 11.1. The molecule has 2 amide bonds. The molecule has 2 heterocycles. The van der Waals surface area contributed by atoms with Crippen molar-refractivity contribution in [3.05, 3.63) is 76.5 Å². The SMILES string of the molecule is Cc1noc(-c2ccccc2)c1C=C1C(=O)NC(=S)N(c2ccc(Cl)cc2)C1=O. The van der Waals surface area contributed by atoms with E-state index in [4.69, 9.17) is 28.3 Å². The molecular weight excluding hydrogens is 410 g/mol. The molecule has 0 aliphatic carbocycles. The number of halogens is 1. The van der Waals surface area contributed by atoms with E-state index in [0.29, 0.717) is 27.7 Å². The molecule has 29 heavy (non-hydrogen) atoms. The van der Waals surface area contributed by atoms with Gasteiger partial charge in [-0.3, -0.25) is 19.8 Å². The number of nitrogens with one attached hydrogen (secondary N) is 1. The van der Waals surface area contributed by atoms with E-state index in [1.165, 1.54) is 11.0 Å². The normalized spacial score (nSPS) is 15.7. The first-order valence-corrected chi connectivity index (χ1v) is 9.43. The van der Waals surface area contributed by atoms with Gasteiger partial charge in [-0.05, 0) is 49.5 Å². The summed E-state index contributed by atoms with van der Waals surface area (Å²) in [7, 11) is 0. The summed E-state index contributed by atoms with van der Waals surface area (Å²) in [4.78, 5) is 26.9. The van der Waals surface area contributed by atoms with Crippen molar-refractivity contribution in [2.45, 2.75) is 6.92 Å². The molecular formula is C21H14ClN3O3S. The van der Waals surface area contributed by atoms with Crippen LogP contribution in [0.2, 0.25) is 5.02 Å². The molecule has 144 valence electrons. The Balaban J connectivity index is 1.78. The number of nitrogens with zero attached hydrogens (tertiary/aromatic N) is 2. The molecule has 0 saturated carbocycles. The number of aryl methyl sites for hydroxylation is 1. The fourth-order valence-corrected chi connectivity index (χ4v) is 3.38. The van der Waals surface area contributed by atoms with E-state index in [2.05, 4.69) is 10.5 Å². The van der Waals surface area contributed by atoms with Crippen molar-refractivity contribution >= 4 is 52.5 Å². The second-order valence-electron chi connectivity index (χ2n) is 6.31. The van der Waals surface area contributed by atoms with Crippen LogP contribution in [-0.2, 0) is 9.59 Å². The largest absolute Gasteiger partial charge is 0.355 e. The van der Waals surface area contributed by atoms with Crippen molar-refractivity contribution in [3.8, 4) is 11.3 Å². The van der Waals surface area contributed by atoms with Crippen molar-refractivity contribution in [1.82, 2.24) is 10.5 Å². The lowest BCUT2D eigenvalue weighted by atomic mass is 10.0.